The molecule has 0 aromatic heterocycles. The van der Waals surface area contributed by atoms with Crippen molar-refractivity contribution in [2.45, 2.75) is 33.1 Å². The lowest BCUT2D eigenvalue weighted by Gasteiger charge is -2.16. The number of hydrogen-bond donors (Lipinski definition) is 2. The number of amides is 1. The van der Waals surface area contributed by atoms with Crippen LogP contribution in [0.5, 0.6) is 0 Å². The van der Waals surface area contributed by atoms with Crippen molar-refractivity contribution in [1.29, 1.82) is 0 Å². The Morgan fingerprint density at radius 1 is 1.47 bits per heavy atom. The van der Waals surface area contributed by atoms with Crippen molar-refractivity contribution in [2.24, 2.45) is 11.8 Å². The molecule has 1 aliphatic carbocycles. The van der Waals surface area contributed by atoms with E-state index in [0.29, 0.717) is 29.6 Å². The molecule has 1 saturated carbocycles. The highest BCUT2D eigenvalue weighted by molar-refractivity contribution is 5.95. The van der Waals surface area contributed by atoms with E-state index in [2.05, 4.69) is 12.2 Å². The smallest absolute Gasteiger partial charge is 0.254 e. The molecule has 1 aromatic carbocycles. The van der Waals surface area contributed by atoms with Crippen molar-refractivity contribution in [3.05, 3.63) is 29.1 Å². The van der Waals surface area contributed by atoms with E-state index in [4.69, 9.17) is 5.73 Å². The van der Waals surface area contributed by atoms with E-state index in [9.17, 15) is 9.18 Å². The number of anilines is 1. The molecule has 1 aliphatic rings. The summed E-state index contributed by atoms with van der Waals surface area (Å²) in [4.78, 5) is 12.0. The van der Waals surface area contributed by atoms with Crippen molar-refractivity contribution >= 4 is 11.6 Å². The monoisotopic (exact) mass is 264 g/mol. The van der Waals surface area contributed by atoms with Crippen molar-refractivity contribution in [1.82, 2.24) is 5.32 Å². The molecule has 104 valence electrons. The topological polar surface area (TPSA) is 55.1 Å². The predicted molar refractivity (Wildman–Crippen MR) is 74.4 cm³/mol. The van der Waals surface area contributed by atoms with Crippen LogP contribution in [0.25, 0.3) is 0 Å². The van der Waals surface area contributed by atoms with Gasteiger partial charge in [0, 0.05) is 12.2 Å². The third kappa shape index (κ3) is 3.06. The van der Waals surface area contributed by atoms with Crippen LogP contribution in [0.3, 0.4) is 0 Å². The van der Waals surface area contributed by atoms with E-state index in [1.165, 1.54) is 25.0 Å². The molecule has 0 heterocycles. The number of carbonyl (C=O) groups excluding carboxylic acids is 1. The molecule has 1 amide bonds. The Labute approximate surface area is 113 Å². The van der Waals surface area contributed by atoms with Gasteiger partial charge < -0.3 is 11.1 Å². The molecule has 2 rings (SSSR count). The average molecular weight is 264 g/mol. The maximum absolute atomic E-state index is 13.9. The van der Waals surface area contributed by atoms with Crippen LogP contribution < -0.4 is 11.1 Å². The summed E-state index contributed by atoms with van der Waals surface area (Å²) < 4.78 is 13.9. The zero-order valence-electron chi connectivity index (χ0n) is 11.5. The molecule has 2 atom stereocenters. The van der Waals surface area contributed by atoms with Crippen LogP contribution in [-0.4, -0.2) is 12.5 Å². The zero-order valence-corrected chi connectivity index (χ0v) is 11.5. The van der Waals surface area contributed by atoms with Gasteiger partial charge in [-0.25, -0.2) is 4.39 Å². The van der Waals surface area contributed by atoms with Crippen molar-refractivity contribution in [2.75, 3.05) is 12.3 Å². The molecule has 0 radical (unpaired) electrons. The summed E-state index contributed by atoms with van der Waals surface area (Å²) in [7, 11) is 0. The predicted octanol–water partition coefficient (Wildman–Crippen LogP) is 2.88. The summed E-state index contributed by atoms with van der Waals surface area (Å²) >= 11 is 0. The molecule has 19 heavy (non-hydrogen) atoms. The second-order valence-corrected chi connectivity index (χ2v) is 5.58. The van der Waals surface area contributed by atoms with E-state index in [1.807, 2.05) is 0 Å². The summed E-state index contributed by atoms with van der Waals surface area (Å²) in [5.41, 5.74) is 6.52. The number of nitrogen functional groups attached to an aromatic ring is 1. The molecule has 3 nitrogen and oxygen atoms in total. The lowest BCUT2D eigenvalue weighted by molar-refractivity contribution is 0.0940. The molecule has 0 bridgehead atoms. The summed E-state index contributed by atoms with van der Waals surface area (Å²) in [6.45, 7) is 4.43. The molecule has 0 aliphatic heterocycles. The standard InChI is InChI=1S/C15H21FN2O/c1-9-4-3-5-11(9)8-18-15(19)13-7-12(17)6-10(2)14(13)16/h6-7,9,11H,3-5,8,17H2,1-2H3,(H,18,19). The fourth-order valence-corrected chi connectivity index (χ4v) is 2.81. The minimum Gasteiger partial charge on any atom is -0.399 e. The van der Waals surface area contributed by atoms with Crippen molar-refractivity contribution in [3.8, 4) is 0 Å². The Bertz CT molecular complexity index is 487. The van der Waals surface area contributed by atoms with Gasteiger partial charge in [0.05, 0.1) is 5.56 Å². The second-order valence-electron chi connectivity index (χ2n) is 5.58. The Hall–Kier alpha value is -1.58. The van der Waals surface area contributed by atoms with Gasteiger partial charge in [-0.3, -0.25) is 4.79 Å². The third-order valence-corrected chi connectivity index (χ3v) is 4.09. The Kier molecular flexibility index (Phi) is 4.08. The quantitative estimate of drug-likeness (QED) is 0.825. The maximum atomic E-state index is 13.9. The van der Waals surface area contributed by atoms with Gasteiger partial charge in [0.1, 0.15) is 5.82 Å². The van der Waals surface area contributed by atoms with Gasteiger partial charge in [-0.2, -0.15) is 0 Å². The SMILES string of the molecule is Cc1cc(N)cc(C(=O)NCC2CCCC2C)c1F. The summed E-state index contributed by atoms with van der Waals surface area (Å²) in [5.74, 6) is 0.292. The van der Waals surface area contributed by atoms with Crippen molar-refractivity contribution in [3.63, 3.8) is 0 Å². The van der Waals surface area contributed by atoms with E-state index < -0.39 is 5.82 Å². The Morgan fingerprint density at radius 3 is 2.84 bits per heavy atom. The molecular formula is C15H21FN2O. The molecule has 0 saturated heterocycles. The largest absolute Gasteiger partial charge is 0.399 e. The highest BCUT2D eigenvalue weighted by Gasteiger charge is 2.24. The van der Waals surface area contributed by atoms with Crippen LogP contribution in [0.15, 0.2) is 12.1 Å². The van der Waals surface area contributed by atoms with Gasteiger partial charge >= 0.3 is 0 Å². The highest BCUT2D eigenvalue weighted by atomic mass is 19.1. The summed E-state index contributed by atoms with van der Waals surface area (Å²) in [6.07, 6.45) is 3.57. The first-order chi connectivity index (χ1) is 8.99. The average Bonchev–Trinajstić information content (AvgIpc) is 2.76. The number of nitrogens with two attached hydrogens (primary N) is 1. The van der Waals surface area contributed by atoms with Gasteiger partial charge in [0.2, 0.25) is 0 Å². The van der Waals surface area contributed by atoms with Crippen LogP contribution in [0.1, 0.15) is 42.1 Å². The molecule has 1 aromatic rings. The molecular weight excluding hydrogens is 243 g/mol. The molecule has 4 heteroatoms. The number of aryl methyl sites for hydroxylation is 1. The number of carbonyl (C=O) groups is 1. The van der Waals surface area contributed by atoms with Gasteiger partial charge in [-0.15, -0.1) is 0 Å². The maximum Gasteiger partial charge on any atom is 0.254 e. The first-order valence-electron chi connectivity index (χ1n) is 6.83. The third-order valence-electron chi connectivity index (χ3n) is 4.09. The molecule has 2 unspecified atom stereocenters. The molecule has 3 N–H and O–H groups in total. The van der Waals surface area contributed by atoms with Crippen LogP contribution in [0.2, 0.25) is 0 Å². The van der Waals surface area contributed by atoms with Crippen LogP contribution in [-0.2, 0) is 0 Å². The summed E-state index contributed by atoms with van der Waals surface area (Å²) in [5, 5.41) is 2.83. The highest BCUT2D eigenvalue weighted by Crippen LogP contribution is 2.30. The number of nitrogens with one attached hydrogen (secondary N) is 1. The van der Waals surface area contributed by atoms with Gasteiger partial charge in [-0.05, 0) is 42.9 Å². The fraction of sp³-hybridized carbons (Fsp3) is 0.533. The number of halogens is 1. The molecule has 1 fully saturated rings. The van der Waals surface area contributed by atoms with Crippen molar-refractivity contribution < 1.29 is 9.18 Å². The van der Waals surface area contributed by atoms with Crippen LogP contribution >= 0.6 is 0 Å². The first-order valence-corrected chi connectivity index (χ1v) is 6.83. The summed E-state index contributed by atoms with van der Waals surface area (Å²) in [6, 6.07) is 2.93. The first kappa shape index (κ1) is 13.8. The van der Waals surface area contributed by atoms with E-state index in [0.717, 1.165) is 6.42 Å². The van der Waals surface area contributed by atoms with E-state index >= 15 is 0 Å². The number of hydrogen-bond acceptors (Lipinski definition) is 2. The lowest BCUT2D eigenvalue weighted by atomic mass is 9.98. The van der Waals surface area contributed by atoms with Gasteiger partial charge in [0.15, 0.2) is 0 Å². The minimum atomic E-state index is -0.480. The van der Waals surface area contributed by atoms with Crippen LogP contribution in [0.4, 0.5) is 10.1 Å². The van der Waals surface area contributed by atoms with Crippen LogP contribution in [0, 0.1) is 24.6 Å². The van der Waals surface area contributed by atoms with Gasteiger partial charge in [0.25, 0.3) is 5.91 Å². The zero-order chi connectivity index (χ0) is 14.0. The fourth-order valence-electron chi connectivity index (χ4n) is 2.81. The number of benzene rings is 1. The Balaban J connectivity index is 2.04. The normalized spacial score (nSPS) is 22.5. The van der Waals surface area contributed by atoms with Gasteiger partial charge in [-0.1, -0.05) is 19.8 Å². The Morgan fingerprint density at radius 2 is 2.21 bits per heavy atom. The van der Waals surface area contributed by atoms with E-state index in [-0.39, 0.29) is 11.5 Å². The minimum absolute atomic E-state index is 0.0446. The lowest BCUT2D eigenvalue weighted by Crippen LogP contribution is -2.31. The second kappa shape index (κ2) is 5.59. The number of rotatable bonds is 3. The molecule has 0 spiro atoms. The van der Waals surface area contributed by atoms with E-state index in [1.54, 1.807) is 6.92 Å².